The van der Waals surface area contributed by atoms with E-state index < -0.39 is 6.09 Å². The van der Waals surface area contributed by atoms with Gasteiger partial charge in [0.25, 0.3) is 0 Å². The number of ether oxygens (including phenoxy) is 1. The summed E-state index contributed by atoms with van der Waals surface area (Å²) in [6.07, 6.45) is 1.68. The highest BCUT2D eigenvalue weighted by Gasteiger charge is 2.26. The molecule has 6 nitrogen and oxygen atoms in total. The molecular weight excluding hydrogens is 342 g/mol. The number of anilines is 1. The molecule has 1 fully saturated rings. The zero-order chi connectivity index (χ0) is 18.6. The highest BCUT2D eigenvalue weighted by atomic mass is 16.5. The maximum Gasteiger partial charge on any atom is 0.407 e. The van der Waals surface area contributed by atoms with Gasteiger partial charge in [0, 0.05) is 36.4 Å². The van der Waals surface area contributed by atoms with E-state index in [9.17, 15) is 4.79 Å². The van der Waals surface area contributed by atoms with Gasteiger partial charge in [-0.3, -0.25) is 4.98 Å². The molecule has 0 spiro atoms. The predicted molar refractivity (Wildman–Crippen MR) is 104 cm³/mol. The van der Waals surface area contributed by atoms with E-state index in [1.54, 1.807) is 6.20 Å². The fraction of sp³-hybridized carbons (Fsp3) is 0.238. The van der Waals surface area contributed by atoms with Gasteiger partial charge in [-0.2, -0.15) is 0 Å². The van der Waals surface area contributed by atoms with E-state index in [-0.39, 0.29) is 6.04 Å². The molecule has 2 N–H and O–H groups in total. The van der Waals surface area contributed by atoms with Crippen LogP contribution in [0, 0.1) is 0 Å². The lowest BCUT2D eigenvalue weighted by Gasteiger charge is -2.17. The van der Waals surface area contributed by atoms with Crippen LogP contribution in [0.25, 0.3) is 10.9 Å². The van der Waals surface area contributed by atoms with E-state index in [1.165, 1.54) is 4.90 Å². The summed E-state index contributed by atoms with van der Waals surface area (Å²) in [4.78, 5) is 17.1. The number of nitrogens with one attached hydrogen (secondary N) is 1. The Morgan fingerprint density at radius 2 is 2.04 bits per heavy atom. The van der Waals surface area contributed by atoms with Crippen molar-refractivity contribution < 1.29 is 14.6 Å². The quantitative estimate of drug-likeness (QED) is 0.717. The maximum absolute atomic E-state index is 11.1. The lowest BCUT2D eigenvalue weighted by Crippen LogP contribution is -2.30. The number of carboxylic acid groups (broad SMARTS) is 1. The summed E-state index contributed by atoms with van der Waals surface area (Å²) in [6.45, 7) is 1.53. The Labute approximate surface area is 157 Å². The zero-order valence-corrected chi connectivity index (χ0v) is 14.8. The summed E-state index contributed by atoms with van der Waals surface area (Å²) in [5.41, 5.74) is 2.84. The second-order valence-corrected chi connectivity index (χ2v) is 6.64. The van der Waals surface area contributed by atoms with Crippen molar-refractivity contribution in [2.45, 2.75) is 19.1 Å². The summed E-state index contributed by atoms with van der Waals surface area (Å²) < 4.78 is 6.00. The molecule has 0 radical (unpaired) electrons. The maximum atomic E-state index is 11.1. The normalized spacial score (nSPS) is 16.4. The molecule has 4 rings (SSSR count). The van der Waals surface area contributed by atoms with Gasteiger partial charge >= 0.3 is 6.09 Å². The molecule has 2 heterocycles. The molecule has 2 aromatic carbocycles. The SMILES string of the molecule is O=C(O)N1CC[C@H](Nc2ccc(OCc3ccccc3)c3ncccc23)C1. The molecule has 3 aromatic rings. The molecule has 27 heavy (non-hydrogen) atoms. The van der Waals surface area contributed by atoms with Crippen molar-refractivity contribution in [2.75, 3.05) is 18.4 Å². The summed E-state index contributed by atoms with van der Waals surface area (Å²) in [5.74, 6) is 0.735. The molecule has 1 amide bonds. The van der Waals surface area contributed by atoms with E-state index in [0.717, 1.165) is 34.3 Å². The Balaban J connectivity index is 1.54. The number of rotatable bonds is 5. The van der Waals surface area contributed by atoms with E-state index in [1.807, 2.05) is 54.6 Å². The average Bonchev–Trinajstić information content (AvgIpc) is 3.17. The predicted octanol–water partition coefficient (Wildman–Crippen LogP) is 3.98. The minimum absolute atomic E-state index is 0.0978. The first kappa shape index (κ1) is 17.1. The van der Waals surface area contributed by atoms with E-state index in [4.69, 9.17) is 9.84 Å². The first-order chi connectivity index (χ1) is 13.2. The molecule has 0 unspecified atom stereocenters. The first-order valence-corrected chi connectivity index (χ1v) is 8.99. The van der Waals surface area contributed by atoms with Crippen molar-refractivity contribution >= 4 is 22.7 Å². The number of benzene rings is 2. The minimum Gasteiger partial charge on any atom is -0.487 e. The van der Waals surface area contributed by atoms with Crippen LogP contribution >= 0.6 is 0 Å². The van der Waals surface area contributed by atoms with Crippen LogP contribution in [-0.4, -0.2) is 40.2 Å². The molecule has 1 aliphatic heterocycles. The molecule has 1 aromatic heterocycles. The van der Waals surface area contributed by atoms with Crippen LogP contribution in [0.3, 0.4) is 0 Å². The van der Waals surface area contributed by atoms with E-state index in [2.05, 4.69) is 10.3 Å². The third kappa shape index (κ3) is 3.79. The van der Waals surface area contributed by atoms with Gasteiger partial charge in [-0.25, -0.2) is 4.79 Å². The van der Waals surface area contributed by atoms with Crippen LogP contribution in [0.4, 0.5) is 10.5 Å². The average molecular weight is 363 g/mol. The van der Waals surface area contributed by atoms with Crippen molar-refractivity contribution in [3.05, 3.63) is 66.4 Å². The lowest BCUT2D eigenvalue weighted by atomic mass is 10.1. The summed E-state index contributed by atoms with van der Waals surface area (Å²) in [7, 11) is 0. The van der Waals surface area contributed by atoms with Gasteiger partial charge in [0.1, 0.15) is 17.9 Å². The largest absolute Gasteiger partial charge is 0.487 e. The van der Waals surface area contributed by atoms with E-state index >= 15 is 0 Å². The van der Waals surface area contributed by atoms with Gasteiger partial charge in [0.15, 0.2) is 0 Å². The third-order valence-corrected chi connectivity index (χ3v) is 4.79. The summed E-state index contributed by atoms with van der Waals surface area (Å²) in [6, 6.07) is 17.9. The summed E-state index contributed by atoms with van der Waals surface area (Å²) >= 11 is 0. The number of fused-ring (bicyclic) bond motifs is 1. The van der Waals surface area contributed by atoms with Crippen LogP contribution in [0.1, 0.15) is 12.0 Å². The molecule has 0 bridgehead atoms. The van der Waals surface area contributed by atoms with Gasteiger partial charge < -0.3 is 20.1 Å². The summed E-state index contributed by atoms with van der Waals surface area (Å²) in [5, 5.41) is 13.6. The minimum atomic E-state index is -0.865. The van der Waals surface area contributed by atoms with Crippen LogP contribution in [0.15, 0.2) is 60.8 Å². The first-order valence-electron chi connectivity index (χ1n) is 8.99. The number of likely N-dealkylation sites (tertiary alicyclic amines) is 1. The second-order valence-electron chi connectivity index (χ2n) is 6.64. The molecular formula is C21H21N3O3. The van der Waals surface area contributed by atoms with Gasteiger partial charge in [0.2, 0.25) is 0 Å². The van der Waals surface area contributed by atoms with Crippen LogP contribution < -0.4 is 10.1 Å². The fourth-order valence-corrected chi connectivity index (χ4v) is 3.40. The monoisotopic (exact) mass is 363 g/mol. The Morgan fingerprint density at radius 1 is 1.19 bits per heavy atom. The van der Waals surface area contributed by atoms with E-state index in [0.29, 0.717) is 19.7 Å². The zero-order valence-electron chi connectivity index (χ0n) is 14.8. The van der Waals surface area contributed by atoms with Crippen molar-refractivity contribution in [2.24, 2.45) is 0 Å². The van der Waals surface area contributed by atoms with Crippen molar-refractivity contribution in [3.63, 3.8) is 0 Å². The third-order valence-electron chi connectivity index (χ3n) is 4.79. The number of nitrogens with zero attached hydrogens (tertiary/aromatic N) is 2. The van der Waals surface area contributed by atoms with Gasteiger partial charge in [-0.15, -0.1) is 0 Å². The number of hydrogen-bond donors (Lipinski definition) is 2. The van der Waals surface area contributed by atoms with Gasteiger partial charge in [0.05, 0.1) is 0 Å². The topological polar surface area (TPSA) is 74.7 Å². The van der Waals surface area contributed by atoms with Crippen molar-refractivity contribution in [1.29, 1.82) is 0 Å². The molecule has 1 atom stereocenters. The fourth-order valence-electron chi connectivity index (χ4n) is 3.40. The van der Waals surface area contributed by atoms with Crippen molar-refractivity contribution in [1.82, 2.24) is 9.88 Å². The number of aromatic nitrogens is 1. The Bertz CT molecular complexity index is 946. The number of carbonyl (C=O) groups is 1. The number of hydrogen-bond acceptors (Lipinski definition) is 4. The molecule has 0 saturated carbocycles. The Morgan fingerprint density at radius 3 is 2.81 bits per heavy atom. The van der Waals surface area contributed by atoms with Crippen LogP contribution in [0.5, 0.6) is 5.75 Å². The van der Waals surface area contributed by atoms with Gasteiger partial charge in [-0.05, 0) is 36.2 Å². The van der Waals surface area contributed by atoms with Crippen molar-refractivity contribution in [3.8, 4) is 5.75 Å². The Hall–Kier alpha value is -3.28. The smallest absolute Gasteiger partial charge is 0.407 e. The standard InChI is InChI=1S/C21H21N3O3/c25-21(26)24-12-10-16(13-24)23-18-8-9-19(20-17(18)7-4-11-22-20)27-14-15-5-2-1-3-6-15/h1-9,11,16,23H,10,12-14H2,(H,25,26)/t16-/m0/s1. The van der Waals surface area contributed by atoms with Crippen LogP contribution in [-0.2, 0) is 6.61 Å². The number of pyridine rings is 1. The molecule has 1 aliphatic rings. The molecule has 0 aliphatic carbocycles. The molecule has 1 saturated heterocycles. The second kappa shape index (κ2) is 7.53. The lowest BCUT2D eigenvalue weighted by molar-refractivity contribution is 0.155. The molecule has 138 valence electrons. The highest BCUT2D eigenvalue weighted by Crippen LogP contribution is 2.31. The number of amides is 1. The highest BCUT2D eigenvalue weighted by molar-refractivity contribution is 5.95. The van der Waals surface area contributed by atoms with Crippen LogP contribution in [0.2, 0.25) is 0 Å². The Kier molecular flexibility index (Phi) is 4.78. The van der Waals surface area contributed by atoms with Gasteiger partial charge in [-0.1, -0.05) is 30.3 Å². The molecule has 6 heteroatoms.